The molecule has 2 amide bonds. The molecule has 0 fully saturated rings. The molecule has 0 aliphatic heterocycles. The second-order valence-corrected chi connectivity index (χ2v) is 10.5. The third kappa shape index (κ3) is 6.17. The Labute approximate surface area is 220 Å². The molecule has 0 saturated heterocycles. The summed E-state index contributed by atoms with van der Waals surface area (Å²) in [5.41, 5.74) is 2.34. The van der Waals surface area contributed by atoms with Crippen molar-refractivity contribution in [2.75, 3.05) is 16.7 Å². The van der Waals surface area contributed by atoms with Crippen molar-refractivity contribution in [1.82, 2.24) is 5.32 Å². The first-order valence-electron chi connectivity index (χ1n) is 11.3. The second kappa shape index (κ2) is 11.3. The Hall–Kier alpha value is -4.14. The number of anilines is 2. The SMILES string of the molecule is CN(c1ccc(C(=O)Nc2ccccc2C(=O)NCc2ccccc2)cc1)S(=O)(=O)c1ccc(Cl)cc1. The van der Waals surface area contributed by atoms with Crippen LogP contribution in [0.4, 0.5) is 11.4 Å². The van der Waals surface area contributed by atoms with Crippen LogP contribution in [0.1, 0.15) is 26.3 Å². The maximum atomic E-state index is 12.9. The van der Waals surface area contributed by atoms with Gasteiger partial charge in [0.25, 0.3) is 21.8 Å². The average molecular weight is 534 g/mol. The number of carbonyl (C=O) groups excluding carboxylic acids is 2. The van der Waals surface area contributed by atoms with Crippen molar-refractivity contribution in [3.63, 3.8) is 0 Å². The molecule has 0 aliphatic carbocycles. The smallest absolute Gasteiger partial charge is 0.264 e. The molecule has 9 heteroatoms. The van der Waals surface area contributed by atoms with E-state index in [-0.39, 0.29) is 10.8 Å². The Morgan fingerprint density at radius 1 is 0.784 bits per heavy atom. The van der Waals surface area contributed by atoms with Crippen LogP contribution in [-0.4, -0.2) is 27.3 Å². The van der Waals surface area contributed by atoms with Crippen LogP contribution in [0.15, 0.2) is 108 Å². The number of sulfonamides is 1. The van der Waals surface area contributed by atoms with Crippen molar-refractivity contribution in [3.05, 3.63) is 125 Å². The van der Waals surface area contributed by atoms with Gasteiger partial charge < -0.3 is 10.6 Å². The summed E-state index contributed by atoms with van der Waals surface area (Å²) < 4.78 is 27.0. The van der Waals surface area contributed by atoms with Crippen LogP contribution in [0.5, 0.6) is 0 Å². The van der Waals surface area contributed by atoms with Crippen LogP contribution >= 0.6 is 11.6 Å². The number of benzene rings is 4. The standard InChI is InChI=1S/C28H24ClN3O4S/c1-32(37(35,36)24-17-13-22(29)14-18-24)23-15-11-21(12-16-23)27(33)31-26-10-6-5-9-25(26)28(34)30-19-20-7-3-2-4-8-20/h2-18H,19H2,1H3,(H,30,34)(H,31,33). The zero-order valence-electron chi connectivity index (χ0n) is 19.9. The van der Waals surface area contributed by atoms with E-state index >= 15 is 0 Å². The van der Waals surface area contributed by atoms with E-state index < -0.39 is 15.9 Å². The third-order valence-electron chi connectivity index (χ3n) is 5.68. The van der Waals surface area contributed by atoms with Gasteiger partial charge in [-0.25, -0.2) is 8.42 Å². The third-order valence-corrected chi connectivity index (χ3v) is 7.73. The van der Waals surface area contributed by atoms with Crippen molar-refractivity contribution in [2.24, 2.45) is 0 Å². The van der Waals surface area contributed by atoms with E-state index in [9.17, 15) is 18.0 Å². The van der Waals surface area contributed by atoms with Crippen molar-refractivity contribution in [2.45, 2.75) is 11.4 Å². The predicted molar refractivity (Wildman–Crippen MR) is 145 cm³/mol. The first-order chi connectivity index (χ1) is 17.8. The largest absolute Gasteiger partial charge is 0.348 e. The van der Waals surface area contributed by atoms with Gasteiger partial charge in [-0.1, -0.05) is 54.1 Å². The second-order valence-electron chi connectivity index (χ2n) is 8.14. The number of nitrogens with one attached hydrogen (secondary N) is 2. The molecule has 37 heavy (non-hydrogen) atoms. The van der Waals surface area contributed by atoms with Crippen LogP contribution in [0.3, 0.4) is 0 Å². The Morgan fingerprint density at radius 2 is 1.41 bits per heavy atom. The summed E-state index contributed by atoms with van der Waals surface area (Å²) in [6.07, 6.45) is 0. The molecule has 0 spiro atoms. The minimum Gasteiger partial charge on any atom is -0.348 e. The molecule has 0 radical (unpaired) electrons. The van der Waals surface area contributed by atoms with Gasteiger partial charge in [0.2, 0.25) is 0 Å². The van der Waals surface area contributed by atoms with Gasteiger partial charge in [-0.2, -0.15) is 0 Å². The van der Waals surface area contributed by atoms with E-state index in [2.05, 4.69) is 10.6 Å². The highest BCUT2D eigenvalue weighted by molar-refractivity contribution is 7.92. The maximum Gasteiger partial charge on any atom is 0.264 e. The van der Waals surface area contributed by atoms with E-state index in [1.807, 2.05) is 30.3 Å². The van der Waals surface area contributed by atoms with Crippen LogP contribution in [-0.2, 0) is 16.6 Å². The van der Waals surface area contributed by atoms with Gasteiger partial charge >= 0.3 is 0 Å². The molecular weight excluding hydrogens is 510 g/mol. The van der Waals surface area contributed by atoms with Gasteiger partial charge in [-0.05, 0) is 66.2 Å². The molecule has 0 atom stereocenters. The number of halogens is 1. The van der Waals surface area contributed by atoms with E-state index in [1.165, 1.54) is 43.4 Å². The van der Waals surface area contributed by atoms with Crippen LogP contribution < -0.4 is 14.9 Å². The van der Waals surface area contributed by atoms with Gasteiger partial charge in [-0.3, -0.25) is 13.9 Å². The summed E-state index contributed by atoms with van der Waals surface area (Å²) in [6.45, 7) is 0.357. The van der Waals surface area contributed by atoms with Crippen LogP contribution in [0.25, 0.3) is 0 Å². The zero-order valence-corrected chi connectivity index (χ0v) is 21.5. The molecule has 0 bridgehead atoms. The van der Waals surface area contributed by atoms with Crippen molar-refractivity contribution in [3.8, 4) is 0 Å². The predicted octanol–water partition coefficient (Wildman–Crippen LogP) is 5.35. The first kappa shape index (κ1) is 25.9. The van der Waals surface area contributed by atoms with Crippen LogP contribution in [0, 0.1) is 0 Å². The monoisotopic (exact) mass is 533 g/mol. The van der Waals surface area contributed by atoms with E-state index in [4.69, 9.17) is 11.6 Å². The summed E-state index contributed by atoms with van der Waals surface area (Å²) in [5, 5.41) is 6.07. The molecule has 7 nitrogen and oxygen atoms in total. The number of hydrogen-bond donors (Lipinski definition) is 2. The summed E-state index contributed by atoms with van der Waals surface area (Å²) >= 11 is 5.86. The fourth-order valence-electron chi connectivity index (χ4n) is 3.58. The molecule has 4 aromatic rings. The minimum atomic E-state index is -3.80. The highest BCUT2D eigenvalue weighted by Crippen LogP contribution is 2.24. The molecular formula is C28H24ClN3O4S. The lowest BCUT2D eigenvalue weighted by molar-refractivity contribution is 0.0951. The number of para-hydroxylation sites is 1. The summed E-state index contributed by atoms with van der Waals surface area (Å²) in [7, 11) is -2.37. The summed E-state index contributed by atoms with van der Waals surface area (Å²) in [6, 6.07) is 28.3. The summed E-state index contributed by atoms with van der Waals surface area (Å²) in [4.78, 5) is 25.8. The van der Waals surface area contributed by atoms with Crippen molar-refractivity contribution in [1.29, 1.82) is 0 Å². The Bertz CT molecular complexity index is 1510. The molecule has 188 valence electrons. The van der Waals surface area contributed by atoms with E-state index in [0.717, 1.165) is 9.87 Å². The van der Waals surface area contributed by atoms with Gasteiger partial charge in [0.1, 0.15) is 0 Å². The van der Waals surface area contributed by atoms with Crippen LogP contribution in [0.2, 0.25) is 5.02 Å². The first-order valence-corrected chi connectivity index (χ1v) is 13.1. The highest BCUT2D eigenvalue weighted by atomic mass is 35.5. The number of nitrogens with zero attached hydrogens (tertiary/aromatic N) is 1. The maximum absolute atomic E-state index is 12.9. The van der Waals surface area contributed by atoms with Gasteiger partial charge in [-0.15, -0.1) is 0 Å². The van der Waals surface area contributed by atoms with Gasteiger partial charge in [0.05, 0.1) is 21.8 Å². The fourth-order valence-corrected chi connectivity index (χ4v) is 4.91. The number of carbonyl (C=O) groups is 2. The zero-order chi connectivity index (χ0) is 26.4. The lowest BCUT2D eigenvalue weighted by atomic mass is 10.1. The molecule has 0 aliphatic rings. The lowest BCUT2D eigenvalue weighted by Crippen LogP contribution is -2.26. The van der Waals surface area contributed by atoms with Gasteiger partial charge in [0.15, 0.2) is 0 Å². The van der Waals surface area contributed by atoms with Crippen molar-refractivity contribution < 1.29 is 18.0 Å². The van der Waals surface area contributed by atoms with Gasteiger partial charge in [0, 0.05) is 24.2 Å². The molecule has 4 rings (SSSR count). The number of amides is 2. The topological polar surface area (TPSA) is 95.6 Å². The highest BCUT2D eigenvalue weighted by Gasteiger charge is 2.21. The van der Waals surface area contributed by atoms with E-state index in [0.29, 0.717) is 34.1 Å². The molecule has 2 N–H and O–H groups in total. The number of hydrogen-bond acceptors (Lipinski definition) is 4. The van der Waals surface area contributed by atoms with Crippen molar-refractivity contribution >= 4 is 44.8 Å². The molecule has 0 heterocycles. The Morgan fingerprint density at radius 3 is 2.08 bits per heavy atom. The Kier molecular flexibility index (Phi) is 7.91. The Balaban J connectivity index is 1.45. The molecule has 0 saturated carbocycles. The minimum absolute atomic E-state index is 0.100. The lowest BCUT2D eigenvalue weighted by Gasteiger charge is -2.20. The summed E-state index contributed by atoms with van der Waals surface area (Å²) in [5.74, 6) is -0.748. The normalized spacial score (nSPS) is 11.0. The molecule has 0 unspecified atom stereocenters. The average Bonchev–Trinajstić information content (AvgIpc) is 2.92. The fraction of sp³-hybridized carbons (Fsp3) is 0.0714. The number of rotatable bonds is 8. The molecule has 0 aromatic heterocycles. The quantitative estimate of drug-likeness (QED) is 0.319. The molecule has 4 aromatic carbocycles. The van der Waals surface area contributed by atoms with E-state index in [1.54, 1.807) is 36.4 Å².